The molecule has 2 N–H and O–H groups in total. The topological polar surface area (TPSA) is 124 Å². The number of benzene rings is 1. The third-order valence-electron chi connectivity index (χ3n) is 5.79. The average molecular weight is 508 g/mol. The number of aliphatic hydroxyl groups excluding tert-OH is 1. The number of alkyl halides is 3. The van der Waals surface area contributed by atoms with Crippen LogP contribution in [0.1, 0.15) is 0 Å². The first kappa shape index (κ1) is 24.2. The van der Waals surface area contributed by atoms with E-state index in [0.29, 0.717) is 48.9 Å². The predicted molar refractivity (Wildman–Crippen MR) is 121 cm³/mol. The minimum atomic E-state index is -4.48. The average Bonchev–Trinajstić information content (AvgIpc) is 3.23. The number of carbonyl (C=O) groups is 1. The molecule has 2 bridgehead atoms. The minimum absolute atomic E-state index is 0.0626. The van der Waals surface area contributed by atoms with Gasteiger partial charge in [0.1, 0.15) is 19.0 Å². The van der Waals surface area contributed by atoms with Crippen molar-refractivity contribution in [3.05, 3.63) is 30.5 Å². The minimum Gasteiger partial charge on any atom is -0.447 e. The number of fused-ring (bicyclic) bond motifs is 3. The Morgan fingerprint density at radius 1 is 1.11 bits per heavy atom. The van der Waals surface area contributed by atoms with Gasteiger partial charge in [-0.1, -0.05) is 0 Å². The SMILES string of the molecule is O=C(Nc1ccc(-c2nc(N3C4COCC3COC4)c3cnn(CC(F)(F)F)c3n2)cc1)OCCO. The van der Waals surface area contributed by atoms with Crippen molar-refractivity contribution in [2.24, 2.45) is 0 Å². The molecule has 2 fully saturated rings. The summed E-state index contributed by atoms with van der Waals surface area (Å²) in [6.45, 7) is -0.107. The van der Waals surface area contributed by atoms with Gasteiger partial charge in [-0.25, -0.2) is 19.4 Å². The molecule has 0 unspecified atom stereocenters. The maximum Gasteiger partial charge on any atom is 0.411 e. The van der Waals surface area contributed by atoms with Crippen molar-refractivity contribution < 1.29 is 37.3 Å². The number of nitrogens with one attached hydrogen (secondary N) is 1. The van der Waals surface area contributed by atoms with Crippen LogP contribution in [-0.2, 0) is 20.8 Å². The lowest BCUT2D eigenvalue weighted by atomic mass is 10.1. The summed E-state index contributed by atoms with van der Waals surface area (Å²) in [6.07, 6.45) is -3.85. The van der Waals surface area contributed by atoms with Gasteiger partial charge in [-0.2, -0.15) is 18.3 Å². The van der Waals surface area contributed by atoms with E-state index in [0.717, 1.165) is 4.68 Å². The molecule has 0 saturated carbocycles. The summed E-state index contributed by atoms with van der Waals surface area (Å²) < 4.78 is 56.6. The summed E-state index contributed by atoms with van der Waals surface area (Å²) in [6, 6.07) is 6.16. The molecule has 3 aromatic rings. The Labute approximate surface area is 202 Å². The van der Waals surface area contributed by atoms with E-state index < -0.39 is 18.8 Å². The standard InChI is InChI=1S/C22H23F3N6O5/c23-22(24,25)12-30-19-17(7-26-30)20(31-15-8-34-10-16(31)11-35-9-15)29-18(28-19)13-1-3-14(4-2-13)27-21(33)36-6-5-32/h1-4,7,15-16,32H,5-6,8-12H2,(H,27,33). The van der Waals surface area contributed by atoms with Crippen LogP contribution in [0.4, 0.5) is 29.5 Å². The zero-order valence-electron chi connectivity index (χ0n) is 18.9. The quantitative estimate of drug-likeness (QED) is 0.516. The lowest BCUT2D eigenvalue weighted by Gasteiger charge is -2.46. The number of hydrogen-bond donors (Lipinski definition) is 2. The molecule has 1 amide bonds. The first-order chi connectivity index (χ1) is 17.3. The second-order valence-corrected chi connectivity index (χ2v) is 8.38. The third kappa shape index (κ3) is 5.05. The van der Waals surface area contributed by atoms with Gasteiger partial charge in [0.15, 0.2) is 11.5 Å². The fourth-order valence-corrected chi connectivity index (χ4v) is 4.29. The number of aromatic nitrogens is 4. The molecule has 2 aliphatic rings. The third-order valence-corrected chi connectivity index (χ3v) is 5.79. The molecular formula is C22H23F3N6O5. The Morgan fingerprint density at radius 3 is 2.39 bits per heavy atom. The number of aliphatic hydroxyl groups is 1. The molecule has 36 heavy (non-hydrogen) atoms. The zero-order chi connectivity index (χ0) is 25.3. The summed E-state index contributed by atoms with van der Waals surface area (Å²) in [7, 11) is 0. The molecule has 0 aliphatic carbocycles. The lowest BCUT2D eigenvalue weighted by Crippen LogP contribution is -2.60. The van der Waals surface area contributed by atoms with E-state index >= 15 is 0 Å². The van der Waals surface area contributed by atoms with Crippen molar-refractivity contribution >= 4 is 28.6 Å². The molecule has 2 aliphatic heterocycles. The summed E-state index contributed by atoms with van der Waals surface area (Å²) in [5.74, 6) is 0.682. The lowest BCUT2D eigenvalue weighted by molar-refractivity contribution is -0.141. The van der Waals surface area contributed by atoms with Crippen LogP contribution in [0.3, 0.4) is 0 Å². The van der Waals surface area contributed by atoms with Crippen LogP contribution in [0.2, 0.25) is 0 Å². The largest absolute Gasteiger partial charge is 0.447 e. The monoisotopic (exact) mass is 508 g/mol. The predicted octanol–water partition coefficient (Wildman–Crippen LogP) is 2.20. The highest BCUT2D eigenvalue weighted by Crippen LogP contribution is 2.34. The second-order valence-electron chi connectivity index (χ2n) is 8.38. The van der Waals surface area contributed by atoms with Gasteiger partial charge in [0, 0.05) is 11.3 Å². The number of anilines is 2. The fraction of sp³-hybridized carbons (Fsp3) is 0.455. The van der Waals surface area contributed by atoms with Gasteiger partial charge < -0.3 is 24.2 Å². The summed E-state index contributed by atoms with van der Waals surface area (Å²) in [5, 5.41) is 15.6. The van der Waals surface area contributed by atoms with Crippen LogP contribution in [0.25, 0.3) is 22.4 Å². The van der Waals surface area contributed by atoms with E-state index in [2.05, 4.69) is 15.4 Å². The molecule has 0 atom stereocenters. The van der Waals surface area contributed by atoms with Gasteiger partial charge in [-0.05, 0) is 24.3 Å². The normalized spacial score (nSPS) is 19.9. The van der Waals surface area contributed by atoms with Gasteiger partial charge in [-0.15, -0.1) is 0 Å². The van der Waals surface area contributed by atoms with Gasteiger partial charge in [0.25, 0.3) is 0 Å². The number of nitrogens with zero attached hydrogens (tertiary/aromatic N) is 5. The zero-order valence-corrected chi connectivity index (χ0v) is 18.9. The molecule has 0 radical (unpaired) electrons. The van der Waals surface area contributed by atoms with Crippen LogP contribution in [0, 0.1) is 0 Å². The molecule has 11 nitrogen and oxygen atoms in total. The first-order valence-electron chi connectivity index (χ1n) is 11.2. The molecule has 4 heterocycles. The first-order valence-corrected chi connectivity index (χ1v) is 11.2. The van der Waals surface area contributed by atoms with E-state index in [1.165, 1.54) is 6.20 Å². The highest BCUT2D eigenvalue weighted by Gasteiger charge is 2.38. The summed E-state index contributed by atoms with van der Waals surface area (Å²) in [4.78, 5) is 22.9. The number of amides is 1. The Hall–Kier alpha value is -3.49. The van der Waals surface area contributed by atoms with Crippen molar-refractivity contribution in [3.63, 3.8) is 0 Å². The molecule has 2 saturated heterocycles. The summed E-state index contributed by atoms with van der Waals surface area (Å²) >= 11 is 0. The Bertz CT molecular complexity index is 1210. The van der Waals surface area contributed by atoms with Gasteiger partial charge in [-0.3, -0.25) is 5.32 Å². The van der Waals surface area contributed by atoms with Crippen molar-refractivity contribution in [3.8, 4) is 11.4 Å². The van der Waals surface area contributed by atoms with Crippen LogP contribution in [0.5, 0.6) is 0 Å². The van der Waals surface area contributed by atoms with Crippen LogP contribution in [-0.4, -0.2) is 88.8 Å². The highest BCUT2D eigenvalue weighted by molar-refractivity contribution is 5.89. The van der Waals surface area contributed by atoms with Crippen molar-refractivity contribution in [1.82, 2.24) is 19.7 Å². The van der Waals surface area contributed by atoms with Crippen molar-refractivity contribution in [2.75, 3.05) is 49.9 Å². The second kappa shape index (κ2) is 9.87. The van der Waals surface area contributed by atoms with Crippen LogP contribution >= 0.6 is 0 Å². The van der Waals surface area contributed by atoms with Crippen molar-refractivity contribution in [2.45, 2.75) is 24.8 Å². The Morgan fingerprint density at radius 2 is 1.78 bits per heavy atom. The number of morpholine rings is 2. The van der Waals surface area contributed by atoms with E-state index in [-0.39, 0.29) is 36.8 Å². The van der Waals surface area contributed by atoms with Gasteiger partial charge in [0.2, 0.25) is 0 Å². The van der Waals surface area contributed by atoms with Crippen LogP contribution in [0.15, 0.2) is 30.5 Å². The smallest absolute Gasteiger partial charge is 0.411 e. The molecule has 14 heteroatoms. The van der Waals surface area contributed by atoms with E-state index in [1.807, 2.05) is 4.90 Å². The van der Waals surface area contributed by atoms with Gasteiger partial charge >= 0.3 is 12.3 Å². The molecule has 5 rings (SSSR count). The number of ether oxygens (including phenoxy) is 3. The number of rotatable bonds is 6. The highest BCUT2D eigenvalue weighted by atomic mass is 19.4. The molecule has 1 aromatic carbocycles. The van der Waals surface area contributed by atoms with E-state index in [1.54, 1.807) is 24.3 Å². The molecule has 2 aromatic heterocycles. The fourth-order valence-electron chi connectivity index (χ4n) is 4.29. The Balaban J connectivity index is 1.54. The van der Waals surface area contributed by atoms with Crippen molar-refractivity contribution in [1.29, 1.82) is 0 Å². The maximum absolute atomic E-state index is 13.2. The summed E-state index contributed by atoms with van der Waals surface area (Å²) in [5.41, 5.74) is 1.01. The number of hydrogen-bond acceptors (Lipinski definition) is 9. The molecule has 0 spiro atoms. The van der Waals surface area contributed by atoms with E-state index in [4.69, 9.17) is 24.3 Å². The molecular weight excluding hydrogens is 485 g/mol. The van der Waals surface area contributed by atoms with E-state index in [9.17, 15) is 18.0 Å². The van der Waals surface area contributed by atoms with Gasteiger partial charge in [0.05, 0.1) is 56.7 Å². The maximum atomic E-state index is 13.2. The van der Waals surface area contributed by atoms with Crippen LogP contribution < -0.4 is 10.2 Å². The number of carbonyl (C=O) groups excluding carboxylic acids is 1. The number of halogens is 3. The Kier molecular flexibility index (Phi) is 6.64. The molecule has 192 valence electrons.